The number of thiazole rings is 1. The quantitative estimate of drug-likeness (QED) is 0.414. The summed E-state index contributed by atoms with van der Waals surface area (Å²) < 4.78 is 19.3. The van der Waals surface area contributed by atoms with Crippen LogP contribution in [0.2, 0.25) is 0 Å². The largest absolute Gasteiger partial charge is 0.484 e. The van der Waals surface area contributed by atoms with Gasteiger partial charge in [0.15, 0.2) is 16.7 Å². The van der Waals surface area contributed by atoms with Crippen LogP contribution in [0.1, 0.15) is 23.7 Å². The summed E-state index contributed by atoms with van der Waals surface area (Å²) in [6, 6.07) is 8.89. The first kappa shape index (κ1) is 20.4. The average molecular weight is 415 g/mol. The minimum Gasteiger partial charge on any atom is -0.484 e. The topological polar surface area (TPSA) is 85.6 Å². The molecule has 0 bridgehead atoms. The van der Waals surface area contributed by atoms with Crippen LogP contribution in [-0.2, 0) is 11.4 Å². The van der Waals surface area contributed by atoms with Crippen molar-refractivity contribution in [3.05, 3.63) is 74.5 Å². The molecule has 7 nitrogen and oxygen atoms in total. The molecule has 0 saturated carbocycles. The van der Waals surface area contributed by atoms with Gasteiger partial charge in [-0.1, -0.05) is 6.07 Å². The number of hydrogen-bond acceptors (Lipinski definition) is 6. The van der Waals surface area contributed by atoms with Crippen LogP contribution in [0.15, 0.2) is 41.8 Å². The summed E-state index contributed by atoms with van der Waals surface area (Å²) in [7, 11) is 0. The van der Waals surface area contributed by atoms with Crippen LogP contribution in [0.4, 0.5) is 20.9 Å². The van der Waals surface area contributed by atoms with E-state index in [4.69, 9.17) is 4.74 Å². The summed E-state index contributed by atoms with van der Waals surface area (Å²) in [5.74, 6) is -1.12. The smallest absolute Gasteiger partial charge is 0.272 e. The van der Waals surface area contributed by atoms with E-state index in [1.807, 2.05) is 32.0 Å². The number of anilines is 2. The van der Waals surface area contributed by atoms with E-state index in [0.29, 0.717) is 16.5 Å². The standard InChI is InChI=1S/C20H18FN3O4S/c1-12-4-5-16(8-13(12)2)23(14(3)25)20-22-15(11-29-20)10-28-19-7-6-17(24(26)27)9-18(19)21/h4-9,11H,10H2,1-3H3. The fraction of sp³-hybridized carbons (Fsp3) is 0.200. The Morgan fingerprint density at radius 1 is 1.24 bits per heavy atom. The summed E-state index contributed by atoms with van der Waals surface area (Å²) in [5, 5.41) is 12.9. The van der Waals surface area contributed by atoms with E-state index in [1.54, 1.807) is 5.38 Å². The molecule has 0 unspecified atom stereocenters. The molecule has 3 aromatic rings. The Bertz CT molecular complexity index is 1080. The lowest BCUT2D eigenvalue weighted by molar-refractivity contribution is -0.385. The average Bonchev–Trinajstić information content (AvgIpc) is 3.11. The number of ether oxygens (including phenoxy) is 1. The van der Waals surface area contributed by atoms with E-state index in [0.717, 1.165) is 17.2 Å². The van der Waals surface area contributed by atoms with Gasteiger partial charge in [-0.2, -0.15) is 0 Å². The van der Waals surface area contributed by atoms with E-state index >= 15 is 0 Å². The molecule has 0 spiro atoms. The number of non-ortho nitro benzene ring substituents is 1. The van der Waals surface area contributed by atoms with Crippen molar-refractivity contribution in [3.63, 3.8) is 0 Å². The normalized spacial score (nSPS) is 10.6. The van der Waals surface area contributed by atoms with Crippen LogP contribution >= 0.6 is 11.3 Å². The Kier molecular flexibility index (Phi) is 5.88. The molecule has 0 atom stereocenters. The number of halogens is 1. The number of nitro benzene ring substituents is 1. The summed E-state index contributed by atoms with van der Waals surface area (Å²) in [6.45, 7) is 5.38. The van der Waals surface area contributed by atoms with Crippen LogP contribution in [0, 0.1) is 29.8 Å². The SMILES string of the molecule is CC(=O)N(c1ccc(C)c(C)c1)c1nc(COc2ccc([N+](=O)[O-])cc2F)cs1. The van der Waals surface area contributed by atoms with Crippen molar-refractivity contribution in [1.82, 2.24) is 4.98 Å². The predicted molar refractivity (Wildman–Crippen MR) is 108 cm³/mol. The van der Waals surface area contributed by atoms with Gasteiger partial charge in [0.25, 0.3) is 5.69 Å². The van der Waals surface area contributed by atoms with Crippen molar-refractivity contribution >= 4 is 33.8 Å². The van der Waals surface area contributed by atoms with Gasteiger partial charge < -0.3 is 4.74 Å². The van der Waals surface area contributed by atoms with Gasteiger partial charge in [0, 0.05) is 18.4 Å². The molecule has 3 rings (SSSR count). The minimum atomic E-state index is -0.824. The lowest BCUT2D eigenvalue weighted by atomic mass is 10.1. The number of benzene rings is 2. The molecule has 0 aliphatic rings. The molecule has 29 heavy (non-hydrogen) atoms. The molecule has 150 valence electrons. The van der Waals surface area contributed by atoms with Gasteiger partial charge in [-0.3, -0.25) is 19.8 Å². The van der Waals surface area contributed by atoms with Crippen LogP contribution < -0.4 is 9.64 Å². The van der Waals surface area contributed by atoms with Crippen molar-refractivity contribution < 1.29 is 18.8 Å². The number of nitro groups is 1. The van der Waals surface area contributed by atoms with E-state index in [-0.39, 0.29) is 24.0 Å². The van der Waals surface area contributed by atoms with Crippen molar-refractivity contribution in [1.29, 1.82) is 0 Å². The molecule has 0 fully saturated rings. The second kappa shape index (κ2) is 8.36. The number of carbonyl (C=O) groups is 1. The molecule has 0 aliphatic heterocycles. The highest BCUT2D eigenvalue weighted by molar-refractivity contribution is 7.14. The molecule has 0 aliphatic carbocycles. The zero-order valence-electron chi connectivity index (χ0n) is 16.0. The number of hydrogen-bond donors (Lipinski definition) is 0. The van der Waals surface area contributed by atoms with Gasteiger partial charge in [0.2, 0.25) is 5.91 Å². The number of nitrogens with zero attached hydrogens (tertiary/aromatic N) is 3. The number of aryl methyl sites for hydroxylation is 2. The Hall–Kier alpha value is -3.33. The maximum Gasteiger partial charge on any atom is 0.272 e. The number of amides is 1. The lowest BCUT2D eigenvalue weighted by Crippen LogP contribution is -2.22. The maximum absolute atomic E-state index is 13.9. The fourth-order valence-corrected chi connectivity index (χ4v) is 3.50. The summed E-state index contributed by atoms with van der Waals surface area (Å²) in [4.78, 5) is 28.1. The third kappa shape index (κ3) is 4.57. The molecular weight excluding hydrogens is 397 g/mol. The third-order valence-corrected chi connectivity index (χ3v) is 5.17. The fourth-order valence-electron chi connectivity index (χ4n) is 2.63. The van der Waals surface area contributed by atoms with Crippen LogP contribution in [-0.4, -0.2) is 15.8 Å². The molecule has 1 amide bonds. The summed E-state index contributed by atoms with van der Waals surface area (Å²) in [6.07, 6.45) is 0. The molecule has 1 heterocycles. The highest BCUT2D eigenvalue weighted by Crippen LogP contribution is 2.31. The predicted octanol–water partition coefficient (Wildman–Crippen LogP) is 5.07. The Morgan fingerprint density at radius 2 is 2.00 bits per heavy atom. The summed E-state index contributed by atoms with van der Waals surface area (Å²) >= 11 is 1.27. The van der Waals surface area contributed by atoms with E-state index in [1.165, 1.54) is 35.3 Å². The van der Waals surface area contributed by atoms with Gasteiger partial charge in [0.05, 0.1) is 22.4 Å². The molecule has 0 radical (unpaired) electrons. The Balaban J connectivity index is 1.77. The first-order chi connectivity index (χ1) is 13.8. The highest BCUT2D eigenvalue weighted by atomic mass is 32.1. The van der Waals surface area contributed by atoms with Crippen LogP contribution in [0.25, 0.3) is 0 Å². The van der Waals surface area contributed by atoms with Gasteiger partial charge in [-0.25, -0.2) is 9.37 Å². The zero-order valence-corrected chi connectivity index (χ0v) is 16.8. The highest BCUT2D eigenvalue weighted by Gasteiger charge is 2.19. The summed E-state index contributed by atoms with van der Waals surface area (Å²) in [5.41, 5.74) is 3.05. The van der Waals surface area contributed by atoms with Crippen molar-refractivity contribution in [3.8, 4) is 5.75 Å². The number of carbonyl (C=O) groups excluding carboxylic acids is 1. The van der Waals surface area contributed by atoms with Gasteiger partial charge in [0.1, 0.15) is 6.61 Å². The van der Waals surface area contributed by atoms with Gasteiger partial charge in [-0.15, -0.1) is 11.3 Å². The zero-order chi connectivity index (χ0) is 21.1. The number of rotatable bonds is 6. The van der Waals surface area contributed by atoms with Gasteiger partial charge in [-0.05, 0) is 43.2 Å². The van der Waals surface area contributed by atoms with E-state index in [2.05, 4.69) is 4.98 Å². The maximum atomic E-state index is 13.9. The molecule has 9 heteroatoms. The van der Waals surface area contributed by atoms with Crippen molar-refractivity contribution in [2.45, 2.75) is 27.4 Å². The third-order valence-electron chi connectivity index (χ3n) is 4.30. The minimum absolute atomic E-state index is 0.0378. The Labute approximate surface area is 170 Å². The van der Waals surface area contributed by atoms with E-state index in [9.17, 15) is 19.3 Å². The monoisotopic (exact) mass is 415 g/mol. The molecule has 0 saturated heterocycles. The first-order valence-corrected chi connectivity index (χ1v) is 9.53. The Morgan fingerprint density at radius 3 is 2.62 bits per heavy atom. The van der Waals surface area contributed by atoms with Crippen LogP contribution in [0.5, 0.6) is 5.75 Å². The molecular formula is C20H18FN3O4S. The second-order valence-corrected chi connectivity index (χ2v) is 7.24. The number of aromatic nitrogens is 1. The van der Waals surface area contributed by atoms with E-state index < -0.39 is 10.7 Å². The first-order valence-electron chi connectivity index (χ1n) is 8.65. The molecule has 1 aromatic heterocycles. The van der Waals surface area contributed by atoms with Crippen molar-refractivity contribution in [2.75, 3.05) is 4.90 Å². The van der Waals surface area contributed by atoms with Crippen LogP contribution in [0.3, 0.4) is 0 Å². The molecule has 2 aromatic carbocycles. The lowest BCUT2D eigenvalue weighted by Gasteiger charge is -2.19. The second-order valence-electron chi connectivity index (χ2n) is 6.40. The molecule has 0 N–H and O–H groups in total. The van der Waals surface area contributed by atoms with Crippen molar-refractivity contribution in [2.24, 2.45) is 0 Å². The van der Waals surface area contributed by atoms with Gasteiger partial charge >= 0.3 is 0 Å².